The fraction of sp³-hybridized carbons (Fsp3) is 0.190. The van der Waals surface area contributed by atoms with Gasteiger partial charge in [-0.05, 0) is 34.4 Å². The number of carbonyl (C=O) groups is 1. The summed E-state index contributed by atoms with van der Waals surface area (Å²) in [5.41, 5.74) is 1.95. The van der Waals surface area contributed by atoms with Crippen molar-refractivity contribution in [3.05, 3.63) is 77.9 Å². The van der Waals surface area contributed by atoms with Crippen molar-refractivity contribution in [3.63, 3.8) is 0 Å². The topological polar surface area (TPSA) is 40.5 Å². The number of phenols is 1. The summed E-state index contributed by atoms with van der Waals surface area (Å²) in [5, 5.41) is 12.2. The second-order valence-electron chi connectivity index (χ2n) is 6.02. The smallest absolute Gasteiger partial charge is 0.222 e. The predicted molar refractivity (Wildman–Crippen MR) is 96.8 cm³/mol. The molecule has 0 bridgehead atoms. The predicted octanol–water partition coefficient (Wildman–Crippen LogP) is 4.14. The number of fused-ring (bicyclic) bond motifs is 1. The highest BCUT2D eigenvalue weighted by Crippen LogP contribution is 2.21. The van der Waals surface area contributed by atoms with E-state index in [9.17, 15) is 9.90 Å². The number of carbonyl (C=O) groups excluding carboxylic acids is 1. The number of hydrogen-bond donors (Lipinski definition) is 1. The highest BCUT2D eigenvalue weighted by molar-refractivity contribution is 5.86. The van der Waals surface area contributed by atoms with Gasteiger partial charge in [0, 0.05) is 20.0 Å². The van der Waals surface area contributed by atoms with Crippen molar-refractivity contribution in [3.8, 4) is 5.75 Å². The van der Waals surface area contributed by atoms with Crippen LogP contribution >= 0.6 is 0 Å². The third kappa shape index (κ3) is 3.57. The van der Waals surface area contributed by atoms with E-state index < -0.39 is 0 Å². The zero-order chi connectivity index (χ0) is 16.9. The Morgan fingerprint density at radius 2 is 1.58 bits per heavy atom. The van der Waals surface area contributed by atoms with Gasteiger partial charge in [0.15, 0.2) is 0 Å². The summed E-state index contributed by atoms with van der Waals surface area (Å²) >= 11 is 0. The molecule has 0 radical (unpaired) electrons. The lowest BCUT2D eigenvalue weighted by Crippen LogP contribution is -2.26. The Balaban J connectivity index is 1.67. The molecule has 3 nitrogen and oxygen atoms in total. The average Bonchev–Trinajstić information content (AvgIpc) is 2.61. The first-order valence-electron chi connectivity index (χ1n) is 8.12. The molecule has 0 heterocycles. The van der Waals surface area contributed by atoms with E-state index in [1.165, 1.54) is 10.8 Å². The number of aromatic hydroxyl groups is 1. The van der Waals surface area contributed by atoms with Crippen molar-refractivity contribution in [2.45, 2.75) is 19.4 Å². The van der Waals surface area contributed by atoms with Crippen LogP contribution in [0.4, 0.5) is 0 Å². The number of amides is 1. The lowest BCUT2D eigenvalue weighted by atomic mass is 10.0. The molecule has 0 aliphatic heterocycles. The molecule has 3 heteroatoms. The van der Waals surface area contributed by atoms with Crippen molar-refractivity contribution in [2.75, 3.05) is 7.05 Å². The van der Waals surface area contributed by atoms with Gasteiger partial charge in [0.2, 0.25) is 5.91 Å². The average molecular weight is 319 g/mol. The first kappa shape index (κ1) is 16.1. The van der Waals surface area contributed by atoms with Gasteiger partial charge in [0.25, 0.3) is 0 Å². The summed E-state index contributed by atoms with van der Waals surface area (Å²) in [4.78, 5) is 14.2. The van der Waals surface area contributed by atoms with Crippen LogP contribution in [0.15, 0.2) is 66.7 Å². The molecule has 3 aromatic rings. The van der Waals surface area contributed by atoms with E-state index in [1.54, 1.807) is 17.0 Å². The maximum absolute atomic E-state index is 12.4. The van der Waals surface area contributed by atoms with Crippen molar-refractivity contribution in [1.82, 2.24) is 4.90 Å². The standard InChI is InChI=1S/C21H21NO2/c1-22(21(24)14-13-17-8-3-5-12-20(17)23)15-18-10-6-9-16-7-2-4-11-19(16)18/h2-12,23H,13-15H2,1H3. The lowest BCUT2D eigenvalue weighted by Gasteiger charge is -2.18. The van der Waals surface area contributed by atoms with E-state index in [1.807, 2.05) is 37.4 Å². The molecule has 3 rings (SSSR count). The van der Waals surface area contributed by atoms with Crippen LogP contribution in [0, 0.1) is 0 Å². The lowest BCUT2D eigenvalue weighted by molar-refractivity contribution is -0.130. The van der Waals surface area contributed by atoms with Gasteiger partial charge in [-0.2, -0.15) is 0 Å². The second kappa shape index (κ2) is 7.18. The van der Waals surface area contributed by atoms with Gasteiger partial charge < -0.3 is 10.0 Å². The molecule has 0 aliphatic rings. The Kier molecular flexibility index (Phi) is 4.80. The first-order valence-corrected chi connectivity index (χ1v) is 8.12. The highest BCUT2D eigenvalue weighted by Gasteiger charge is 2.12. The molecule has 0 fully saturated rings. The summed E-state index contributed by atoms with van der Waals surface area (Å²) in [6.45, 7) is 0.584. The Labute approximate surface area is 142 Å². The summed E-state index contributed by atoms with van der Waals surface area (Å²) in [6, 6.07) is 21.6. The minimum atomic E-state index is 0.0752. The Morgan fingerprint density at radius 1 is 0.917 bits per heavy atom. The van der Waals surface area contributed by atoms with Gasteiger partial charge in [0.05, 0.1) is 0 Å². The van der Waals surface area contributed by atoms with Gasteiger partial charge >= 0.3 is 0 Å². The fourth-order valence-corrected chi connectivity index (χ4v) is 2.93. The normalized spacial score (nSPS) is 10.7. The summed E-state index contributed by atoms with van der Waals surface area (Å²) in [7, 11) is 1.83. The number of rotatable bonds is 5. The zero-order valence-corrected chi connectivity index (χ0v) is 13.8. The van der Waals surface area contributed by atoms with Crippen LogP contribution in [0.3, 0.4) is 0 Å². The Hall–Kier alpha value is -2.81. The van der Waals surface area contributed by atoms with Crippen molar-refractivity contribution >= 4 is 16.7 Å². The van der Waals surface area contributed by atoms with E-state index in [4.69, 9.17) is 0 Å². The minimum absolute atomic E-state index is 0.0752. The molecule has 0 aromatic heterocycles. The zero-order valence-electron chi connectivity index (χ0n) is 13.8. The molecule has 3 aromatic carbocycles. The molecular formula is C21H21NO2. The number of phenolic OH excluding ortho intramolecular Hbond substituents is 1. The highest BCUT2D eigenvalue weighted by atomic mass is 16.3. The number of nitrogens with zero attached hydrogens (tertiary/aromatic N) is 1. The molecule has 0 saturated heterocycles. The van der Waals surface area contributed by atoms with E-state index in [0.29, 0.717) is 19.4 Å². The van der Waals surface area contributed by atoms with Gasteiger partial charge in [0.1, 0.15) is 5.75 Å². The molecule has 122 valence electrons. The monoisotopic (exact) mass is 319 g/mol. The third-order valence-corrected chi connectivity index (χ3v) is 4.31. The third-order valence-electron chi connectivity index (χ3n) is 4.31. The number of aryl methyl sites for hydroxylation is 1. The van der Waals surface area contributed by atoms with Gasteiger partial charge in [-0.15, -0.1) is 0 Å². The van der Waals surface area contributed by atoms with Crippen molar-refractivity contribution in [2.24, 2.45) is 0 Å². The SMILES string of the molecule is CN(Cc1cccc2ccccc12)C(=O)CCc1ccccc1O. The molecule has 0 unspecified atom stereocenters. The van der Waals surface area contributed by atoms with Crippen LogP contribution in [0.2, 0.25) is 0 Å². The molecule has 0 spiro atoms. The summed E-state index contributed by atoms with van der Waals surface area (Å²) < 4.78 is 0. The summed E-state index contributed by atoms with van der Waals surface area (Å²) in [6.07, 6.45) is 0.935. The van der Waals surface area contributed by atoms with Crippen LogP contribution in [0.25, 0.3) is 10.8 Å². The van der Waals surface area contributed by atoms with Gasteiger partial charge in [-0.25, -0.2) is 0 Å². The number of hydrogen-bond acceptors (Lipinski definition) is 2. The van der Waals surface area contributed by atoms with Gasteiger partial charge in [-0.3, -0.25) is 4.79 Å². The molecule has 1 amide bonds. The molecule has 0 aliphatic carbocycles. The number of para-hydroxylation sites is 1. The minimum Gasteiger partial charge on any atom is -0.508 e. The van der Waals surface area contributed by atoms with E-state index in [-0.39, 0.29) is 11.7 Å². The van der Waals surface area contributed by atoms with Gasteiger partial charge in [-0.1, -0.05) is 60.7 Å². The maximum Gasteiger partial charge on any atom is 0.222 e. The maximum atomic E-state index is 12.4. The van der Waals surface area contributed by atoms with E-state index >= 15 is 0 Å². The Morgan fingerprint density at radius 3 is 2.42 bits per heavy atom. The molecule has 0 atom stereocenters. The van der Waals surface area contributed by atoms with Crippen LogP contribution in [0.1, 0.15) is 17.5 Å². The number of benzene rings is 3. The molecular weight excluding hydrogens is 298 g/mol. The summed E-state index contributed by atoms with van der Waals surface area (Å²) in [5.74, 6) is 0.327. The molecule has 24 heavy (non-hydrogen) atoms. The van der Waals surface area contributed by atoms with Crippen molar-refractivity contribution < 1.29 is 9.90 Å². The molecule has 1 N–H and O–H groups in total. The van der Waals surface area contributed by atoms with Crippen LogP contribution in [-0.4, -0.2) is 23.0 Å². The fourth-order valence-electron chi connectivity index (χ4n) is 2.93. The Bertz CT molecular complexity index is 852. The first-order chi connectivity index (χ1) is 11.6. The van der Waals surface area contributed by atoms with Crippen molar-refractivity contribution in [1.29, 1.82) is 0 Å². The van der Waals surface area contributed by atoms with Crippen LogP contribution in [0.5, 0.6) is 5.75 Å². The van der Waals surface area contributed by atoms with E-state index in [2.05, 4.69) is 24.3 Å². The molecule has 0 saturated carbocycles. The van der Waals surface area contributed by atoms with Crippen LogP contribution in [-0.2, 0) is 17.8 Å². The van der Waals surface area contributed by atoms with E-state index in [0.717, 1.165) is 11.1 Å². The largest absolute Gasteiger partial charge is 0.508 e. The quantitative estimate of drug-likeness (QED) is 0.768. The van der Waals surface area contributed by atoms with Crippen LogP contribution < -0.4 is 0 Å². The second-order valence-corrected chi connectivity index (χ2v) is 6.02.